The molecule has 0 aliphatic carbocycles. The molecule has 5 nitrogen and oxygen atoms in total. The molecule has 0 radical (unpaired) electrons. The van der Waals surface area contributed by atoms with Gasteiger partial charge in [0.15, 0.2) is 0 Å². The summed E-state index contributed by atoms with van der Waals surface area (Å²) in [7, 11) is -2.58. The van der Waals surface area contributed by atoms with Crippen LogP contribution in [0.25, 0.3) is 0 Å². The lowest BCUT2D eigenvalue weighted by Gasteiger charge is -2.10. The van der Waals surface area contributed by atoms with Crippen molar-refractivity contribution in [3.8, 4) is 0 Å². The molecule has 112 valence electrons. The van der Waals surface area contributed by atoms with E-state index < -0.39 is 16.0 Å². The Morgan fingerprint density at radius 3 is 2.52 bits per heavy atom. The van der Waals surface area contributed by atoms with Crippen LogP contribution in [0, 0.1) is 0 Å². The standard InChI is InChI=1S/C12H9Br2NO4S2/c1-19-12(16)7-4-2-3-5-8(7)15-21(17,18)9-6-10(13)20-11(9)14/h2-6,15H,1H3. The van der Waals surface area contributed by atoms with Crippen LogP contribution in [0.4, 0.5) is 5.69 Å². The van der Waals surface area contributed by atoms with Crippen molar-refractivity contribution in [1.82, 2.24) is 0 Å². The van der Waals surface area contributed by atoms with Gasteiger partial charge in [0.25, 0.3) is 10.0 Å². The molecule has 2 aromatic rings. The zero-order chi connectivity index (χ0) is 15.6. The molecule has 0 atom stereocenters. The lowest BCUT2D eigenvalue weighted by atomic mass is 10.2. The summed E-state index contributed by atoms with van der Waals surface area (Å²) < 4.78 is 33.0. The first kappa shape index (κ1) is 16.5. The van der Waals surface area contributed by atoms with E-state index in [4.69, 9.17) is 0 Å². The second-order valence-electron chi connectivity index (χ2n) is 3.83. The molecule has 0 amide bonds. The van der Waals surface area contributed by atoms with E-state index in [0.717, 1.165) is 0 Å². The van der Waals surface area contributed by atoms with E-state index in [1.165, 1.54) is 36.6 Å². The van der Waals surface area contributed by atoms with Crippen molar-refractivity contribution < 1.29 is 17.9 Å². The number of carbonyl (C=O) groups is 1. The molecule has 1 aromatic heterocycles. The number of sulfonamides is 1. The van der Waals surface area contributed by atoms with Crippen LogP contribution in [-0.4, -0.2) is 21.5 Å². The van der Waals surface area contributed by atoms with Crippen molar-refractivity contribution in [1.29, 1.82) is 0 Å². The minimum atomic E-state index is -3.81. The Kier molecular flexibility index (Phi) is 5.07. The van der Waals surface area contributed by atoms with Gasteiger partial charge >= 0.3 is 5.97 Å². The van der Waals surface area contributed by atoms with Crippen LogP contribution in [0.2, 0.25) is 0 Å². The Bertz CT molecular complexity index is 786. The molecule has 9 heteroatoms. The van der Waals surface area contributed by atoms with Crippen molar-refractivity contribution in [2.45, 2.75) is 4.90 Å². The molecule has 0 aliphatic rings. The van der Waals surface area contributed by atoms with Gasteiger partial charge in [0.1, 0.15) is 4.90 Å². The van der Waals surface area contributed by atoms with Crippen molar-refractivity contribution in [3.63, 3.8) is 0 Å². The van der Waals surface area contributed by atoms with Crippen LogP contribution in [0.15, 0.2) is 42.8 Å². The van der Waals surface area contributed by atoms with E-state index in [2.05, 4.69) is 41.3 Å². The molecule has 21 heavy (non-hydrogen) atoms. The average molecular weight is 455 g/mol. The maximum atomic E-state index is 12.4. The molecule has 0 unspecified atom stereocenters. The highest BCUT2D eigenvalue weighted by Gasteiger charge is 2.23. The average Bonchev–Trinajstić information content (AvgIpc) is 2.78. The van der Waals surface area contributed by atoms with E-state index in [0.29, 0.717) is 7.57 Å². The summed E-state index contributed by atoms with van der Waals surface area (Å²) in [5.41, 5.74) is 0.313. The summed E-state index contributed by atoms with van der Waals surface area (Å²) in [5, 5.41) is 0. The van der Waals surface area contributed by atoms with Gasteiger partial charge in [0, 0.05) is 0 Å². The summed E-state index contributed by atoms with van der Waals surface area (Å²) in [6.45, 7) is 0. The maximum absolute atomic E-state index is 12.4. The number of hydrogen-bond donors (Lipinski definition) is 1. The second-order valence-corrected chi connectivity index (χ2v) is 9.23. The maximum Gasteiger partial charge on any atom is 0.339 e. The highest BCUT2D eigenvalue weighted by Crippen LogP contribution is 2.35. The van der Waals surface area contributed by atoms with Crippen LogP contribution < -0.4 is 4.72 Å². The summed E-state index contributed by atoms with van der Waals surface area (Å²) in [6, 6.07) is 7.73. The number of ether oxygens (including phenoxy) is 1. The highest BCUT2D eigenvalue weighted by atomic mass is 79.9. The summed E-state index contributed by atoms with van der Waals surface area (Å²) in [4.78, 5) is 11.8. The lowest BCUT2D eigenvalue weighted by molar-refractivity contribution is 0.0602. The van der Waals surface area contributed by atoms with Gasteiger partial charge in [-0.05, 0) is 50.1 Å². The molecule has 1 aromatic carbocycles. The van der Waals surface area contributed by atoms with Crippen molar-refractivity contribution >= 4 is 64.9 Å². The minimum absolute atomic E-state index is 0.0963. The Hall–Kier alpha value is -0.900. The Morgan fingerprint density at radius 2 is 1.95 bits per heavy atom. The molecular formula is C12H9Br2NO4S2. The number of para-hydroxylation sites is 1. The van der Waals surface area contributed by atoms with Crippen LogP contribution in [0.1, 0.15) is 10.4 Å². The van der Waals surface area contributed by atoms with Gasteiger partial charge in [-0.25, -0.2) is 13.2 Å². The first-order chi connectivity index (χ1) is 9.85. The predicted molar refractivity (Wildman–Crippen MR) is 88.3 cm³/mol. The van der Waals surface area contributed by atoms with Crippen LogP contribution in [0.5, 0.6) is 0 Å². The van der Waals surface area contributed by atoms with Crippen LogP contribution in [-0.2, 0) is 14.8 Å². The van der Waals surface area contributed by atoms with Gasteiger partial charge in [-0.1, -0.05) is 12.1 Å². The van der Waals surface area contributed by atoms with Crippen LogP contribution >= 0.6 is 43.2 Å². The number of nitrogens with one attached hydrogen (secondary N) is 1. The number of thiophene rings is 1. The highest BCUT2D eigenvalue weighted by molar-refractivity contribution is 9.12. The van der Waals surface area contributed by atoms with Gasteiger partial charge < -0.3 is 4.74 Å². The third kappa shape index (κ3) is 3.65. The van der Waals surface area contributed by atoms with Crippen molar-refractivity contribution in [2.24, 2.45) is 0 Å². The van der Waals surface area contributed by atoms with Gasteiger partial charge in [-0.3, -0.25) is 4.72 Å². The smallest absolute Gasteiger partial charge is 0.339 e. The SMILES string of the molecule is COC(=O)c1ccccc1NS(=O)(=O)c1cc(Br)sc1Br. The molecule has 0 saturated heterocycles. The van der Waals surface area contributed by atoms with E-state index in [1.807, 2.05) is 0 Å². The molecule has 0 bridgehead atoms. The molecule has 0 aliphatic heterocycles. The third-order valence-electron chi connectivity index (χ3n) is 2.49. The zero-order valence-electron chi connectivity index (χ0n) is 10.6. The van der Waals surface area contributed by atoms with E-state index in [1.54, 1.807) is 12.1 Å². The molecule has 0 saturated carbocycles. The zero-order valence-corrected chi connectivity index (χ0v) is 15.4. The fourth-order valence-corrected chi connectivity index (χ4v) is 6.46. The predicted octanol–water partition coefficient (Wildman–Crippen LogP) is 3.86. The Labute approximate surface area is 142 Å². The molecule has 2 rings (SSSR count). The Morgan fingerprint density at radius 1 is 1.29 bits per heavy atom. The summed E-state index contributed by atoms with van der Waals surface area (Å²) >= 11 is 7.68. The van der Waals surface area contributed by atoms with Crippen molar-refractivity contribution in [2.75, 3.05) is 11.8 Å². The summed E-state index contributed by atoms with van der Waals surface area (Å²) in [6.07, 6.45) is 0. The first-order valence-electron chi connectivity index (χ1n) is 5.50. The molecule has 1 N–H and O–H groups in total. The number of methoxy groups -OCH3 is 1. The van der Waals surface area contributed by atoms with Gasteiger partial charge in [-0.15, -0.1) is 11.3 Å². The largest absolute Gasteiger partial charge is 0.465 e. The van der Waals surface area contributed by atoms with Gasteiger partial charge in [0.2, 0.25) is 0 Å². The first-order valence-corrected chi connectivity index (χ1v) is 9.38. The lowest BCUT2D eigenvalue weighted by Crippen LogP contribution is -2.15. The topological polar surface area (TPSA) is 72.5 Å². The molecule has 0 fully saturated rings. The number of benzene rings is 1. The number of carbonyl (C=O) groups excluding carboxylic acids is 1. The monoisotopic (exact) mass is 453 g/mol. The molecule has 0 spiro atoms. The number of esters is 1. The van der Waals surface area contributed by atoms with Crippen LogP contribution in [0.3, 0.4) is 0 Å². The fourth-order valence-electron chi connectivity index (χ4n) is 1.57. The number of anilines is 1. The Balaban J connectivity index is 2.42. The quantitative estimate of drug-likeness (QED) is 0.712. The molecular weight excluding hydrogens is 446 g/mol. The normalized spacial score (nSPS) is 11.2. The number of hydrogen-bond acceptors (Lipinski definition) is 5. The van der Waals surface area contributed by atoms with E-state index in [-0.39, 0.29) is 16.1 Å². The second kappa shape index (κ2) is 6.47. The van der Waals surface area contributed by atoms with E-state index >= 15 is 0 Å². The molecule has 1 heterocycles. The number of rotatable bonds is 4. The minimum Gasteiger partial charge on any atom is -0.465 e. The van der Waals surface area contributed by atoms with Gasteiger partial charge in [0.05, 0.1) is 25.9 Å². The number of halogens is 2. The van der Waals surface area contributed by atoms with Gasteiger partial charge in [-0.2, -0.15) is 0 Å². The third-order valence-corrected chi connectivity index (χ3v) is 6.61. The van der Waals surface area contributed by atoms with E-state index in [9.17, 15) is 13.2 Å². The fraction of sp³-hybridized carbons (Fsp3) is 0.0833. The van der Waals surface area contributed by atoms with Crippen molar-refractivity contribution in [3.05, 3.63) is 43.5 Å². The summed E-state index contributed by atoms with van der Waals surface area (Å²) in [5.74, 6) is -0.612.